The van der Waals surface area contributed by atoms with Gasteiger partial charge in [-0.1, -0.05) is 130 Å². The van der Waals surface area contributed by atoms with E-state index in [0.29, 0.717) is 25.0 Å². The monoisotopic (exact) mass is 696 g/mol. The number of carbonyl (C=O) groups is 4. The summed E-state index contributed by atoms with van der Waals surface area (Å²) in [5.74, 6) is -1.71. The van der Waals surface area contributed by atoms with Crippen molar-refractivity contribution in [1.29, 1.82) is 0 Å². The zero-order valence-corrected chi connectivity index (χ0v) is 29.0. The molecule has 0 spiro atoms. The number of rotatable bonds is 16. The van der Waals surface area contributed by atoms with E-state index in [-0.39, 0.29) is 31.4 Å². The minimum absolute atomic E-state index is 0. The lowest BCUT2D eigenvalue weighted by Crippen LogP contribution is -2.31. The lowest BCUT2D eigenvalue weighted by atomic mass is 10.0. The second-order valence-electron chi connectivity index (χ2n) is 9.64. The zero-order chi connectivity index (χ0) is 31.5. The maximum Gasteiger partial charge on any atom is 0.322 e. The smallest absolute Gasteiger partial charge is 0.322 e. The molecular formula is C29H44O7S6. The van der Waals surface area contributed by atoms with Gasteiger partial charge in [-0.2, -0.15) is 0 Å². The first-order valence-electron chi connectivity index (χ1n) is 13.0. The molecule has 0 amide bonds. The number of thiocarbonyl (C=S) groups is 2. The lowest BCUT2D eigenvalue weighted by Gasteiger charge is -2.22. The van der Waals surface area contributed by atoms with E-state index in [1.807, 2.05) is 18.2 Å². The molecule has 0 saturated carbocycles. The fraction of sp³-hybridized carbons (Fsp3) is 0.586. The van der Waals surface area contributed by atoms with Gasteiger partial charge in [0.15, 0.2) is 5.78 Å². The van der Waals surface area contributed by atoms with Crippen LogP contribution in [0.1, 0.15) is 90.9 Å². The van der Waals surface area contributed by atoms with E-state index < -0.39 is 21.4 Å². The number of ether oxygens (including phenoxy) is 1. The van der Waals surface area contributed by atoms with E-state index in [2.05, 4.69) is 6.92 Å². The molecular weight excluding hydrogens is 653 g/mol. The number of carboxylic acids is 2. The summed E-state index contributed by atoms with van der Waals surface area (Å²) in [6.45, 7) is 9.76. The van der Waals surface area contributed by atoms with Gasteiger partial charge in [0.2, 0.25) is 0 Å². The topological polar surface area (TPSA) is 118 Å². The largest absolute Gasteiger partial charge is 0.481 e. The highest BCUT2D eigenvalue weighted by molar-refractivity contribution is 8.48. The van der Waals surface area contributed by atoms with Crippen LogP contribution in [-0.2, 0) is 19.1 Å². The number of benzene rings is 1. The first-order valence-corrected chi connectivity index (χ1v) is 17.5. The summed E-state index contributed by atoms with van der Waals surface area (Å²) in [4.78, 5) is 45.3. The Hall–Kier alpha value is -1.12. The van der Waals surface area contributed by atoms with Crippen LogP contribution in [0.4, 0.5) is 0 Å². The van der Waals surface area contributed by atoms with Gasteiger partial charge in [0.25, 0.3) is 0 Å². The Bertz CT molecular complexity index is 1010. The summed E-state index contributed by atoms with van der Waals surface area (Å²) in [6, 6.07) is 9.00. The first-order chi connectivity index (χ1) is 19.1. The number of thioether (sulfide) groups is 4. The fourth-order valence-electron chi connectivity index (χ4n) is 2.89. The van der Waals surface area contributed by atoms with Crippen molar-refractivity contribution in [3.05, 3.63) is 35.9 Å². The van der Waals surface area contributed by atoms with Gasteiger partial charge < -0.3 is 14.9 Å². The maximum atomic E-state index is 12.3. The lowest BCUT2D eigenvalue weighted by molar-refractivity contribution is -0.145. The predicted octanol–water partition coefficient (Wildman–Crippen LogP) is 8.62. The van der Waals surface area contributed by atoms with E-state index in [1.165, 1.54) is 54.5 Å². The van der Waals surface area contributed by atoms with Crippen LogP contribution >= 0.6 is 71.5 Å². The molecule has 0 radical (unpaired) electrons. The van der Waals surface area contributed by atoms with E-state index in [0.717, 1.165) is 24.6 Å². The Morgan fingerprint density at radius 2 is 1.36 bits per heavy atom. The summed E-state index contributed by atoms with van der Waals surface area (Å²) in [5.41, 5.74) is 0.631. The van der Waals surface area contributed by atoms with Crippen LogP contribution in [0.25, 0.3) is 0 Å². The van der Waals surface area contributed by atoms with Gasteiger partial charge in [-0.25, -0.2) is 0 Å². The van der Waals surface area contributed by atoms with Crippen molar-refractivity contribution in [2.75, 3.05) is 18.1 Å². The van der Waals surface area contributed by atoms with Crippen molar-refractivity contribution in [2.24, 2.45) is 0 Å². The van der Waals surface area contributed by atoms with Crippen molar-refractivity contribution in [3.63, 3.8) is 0 Å². The number of hydrogen-bond acceptors (Lipinski definition) is 11. The van der Waals surface area contributed by atoms with Crippen molar-refractivity contribution in [1.82, 2.24) is 0 Å². The Labute approximate surface area is 278 Å². The minimum Gasteiger partial charge on any atom is -0.481 e. The summed E-state index contributed by atoms with van der Waals surface area (Å²) < 4.78 is 4.91. The van der Waals surface area contributed by atoms with Crippen LogP contribution in [-0.4, -0.2) is 68.6 Å². The average molecular weight is 697 g/mol. The highest BCUT2D eigenvalue weighted by atomic mass is 32.2. The Morgan fingerprint density at radius 3 is 1.90 bits per heavy atom. The standard InChI is InChI=1S/C15H26O4S3.C13H14O3S3.CH4/c1-4-5-6-7-8-10-19-13(18)15(2,3)22-14(20)21-11-9-12(16)17;1-13(2,19-12(17)18-8-10(14)15)11(16)9-6-4-3-5-7-9;/h4-11H2,1-3H3,(H,16,17);3-7H,8H2,1-2H3,(H,14,15);1H4. The van der Waals surface area contributed by atoms with Gasteiger partial charge in [-0.3, -0.25) is 19.2 Å². The van der Waals surface area contributed by atoms with Gasteiger partial charge in [-0.05, 0) is 34.1 Å². The quantitative estimate of drug-likeness (QED) is 0.0744. The molecule has 1 rings (SSSR count). The van der Waals surface area contributed by atoms with Crippen LogP contribution in [0.5, 0.6) is 0 Å². The SMILES string of the molecule is C.CC(C)(SC(=S)SCC(=O)O)C(=O)c1ccccc1.CCCCCCCOC(=O)C(C)(C)SC(=S)SCCC(=O)O. The molecule has 0 aliphatic rings. The predicted molar refractivity (Wildman–Crippen MR) is 191 cm³/mol. The molecule has 0 saturated heterocycles. The number of esters is 1. The second kappa shape index (κ2) is 23.3. The number of carbonyl (C=O) groups excluding carboxylic acids is 2. The molecule has 13 heteroatoms. The summed E-state index contributed by atoms with van der Waals surface area (Å²) in [7, 11) is 0. The molecule has 0 atom stereocenters. The molecule has 7 nitrogen and oxygen atoms in total. The average Bonchev–Trinajstić information content (AvgIpc) is 2.89. The molecule has 0 unspecified atom stereocenters. The minimum atomic E-state index is -0.917. The van der Waals surface area contributed by atoms with Crippen LogP contribution in [0.2, 0.25) is 0 Å². The third-order valence-electron chi connectivity index (χ3n) is 5.08. The number of Topliss-reactive ketones (excluding diaryl/α,β-unsaturated/α-hetero) is 1. The molecule has 2 N–H and O–H groups in total. The highest BCUT2D eigenvalue weighted by Gasteiger charge is 2.32. The Balaban J connectivity index is 0. The normalized spacial score (nSPS) is 10.9. The number of aliphatic carboxylic acids is 2. The van der Waals surface area contributed by atoms with E-state index in [4.69, 9.17) is 39.4 Å². The van der Waals surface area contributed by atoms with Crippen molar-refractivity contribution in [3.8, 4) is 0 Å². The van der Waals surface area contributed by atoms with Crippen LogP contribution in [0, 0.1) is 0 Å². The van der Waals surface area contributed by atoms with Gasteiger partial charge in [0.05, 0.1) is 23.5 Å². The van der Waals surface area contributed by atoms with Crippen LogP contribution in [0.3, 0.4) is 0 Å². The van der Waals surface area contributed by atoms with E-state index >= 15 is 0 Å². The van der Waals surface area contributed by atoms with Gasteiger partial charge in [-0.15, -0.1) is 11.8 Å². The first kappa shape index (κ1) is 43.0. The molecule has 238 valence electrons. The Kier molecular flexibility index (Phi) is 23.8. The molecule has 42 heavy (non-hydrogen) atoms. The number of hydrogen-bond donors (Lipinski definition) is 2. The fourth-order valence-corrected chi connectivity index (χ4v) is 8.58. The van der Waals surface area contributed by atoms with Crippen molar-refractivity contribution >= 4 is 102 Å². The third kappa shape index (κ3) is 20.7. The van der Waals surface area contributed by atoms with E-state index in [9.17, 15) is 19.2 Å². The summed E-state index contributed by atoms with van der Waals surface area (Å²) in [6.07, 6.45) is 5.63. The molecule has 0 aliphatic carbocycles. The highest BCUT2D eigenvalue weighted by Crippen LogP contribution is 2.34. The molecule has 1 aromatic carbocycles. The van der Waals surface area contributed by atoms with E-state index in [1.54, 1.807) is 39.8 Å². The molecule has 0 fully saturated rings. The van der Waals surface area contributed by atoms with Gasteiger partial charge in [0.1, 0.15) is 11.8 Å². The van der Waals surface area contributed by atoms with Crippen molar-refractivity contribution < 1.29 is 34.1 Å². The maximum absolute atomic E-state index is 12.3. The molecule has 1 aromatic rings. The Morgan fingerprint density at radius 1 is 0.810 bits per heavy atom. The molecule has 0 bridgehead atoms. The number of unbranched alkanes of at least 4 members (excludes halogenated alkanes) is 4. The van der Waals surface area contributed by atoms with Gasteiger partial charge in [0, 0.05) is 11.3 Å². The van der Waals surface area contributed by atoms with Gasteiger partial charge >= 0.3 is 17.9 Å². The van der Waals surface area contributed by atoms with Crippen LogP contribution < -0.4 is 0 Å². The van der Waals surface area contributed by atoms with Crippen LogP contribution in [0.15, 0.2) is 30.3 Å². The number of carboxylic acid groups (broad SMARTS) is 2. The molecule has 0 aliphatic heterocycles. The third-order valence-corrected chi connectivity index (χ3v) is 10.5. The molecule has 0 heterocycles. The summed E-state index contributed by atoms with van der Waals surface area (Å²) in [5, 5.41) is 17.2. The second-order valence-corrected chi connectivity index (χ2v) is 17.4. The zero-order valence-electron chi connectivity index (χ0n) is 24.1. The number of ketones is 1. The molecule has 0 aromatic heterocycles. The summed E-state index contributed by atoms with van der Waals surface area (Å²) >= 11 is 15.1. The van der Waals surface area contributed by atoms with Crippen molar-refractivity contribution in [2.45, 2.75) is 90.1 Å².